The molecular weight excluding hydrogens is 349 g/mol. The summed E-state index contributed by atoms with van der Waals surface area (Å²) in [6.45, 7) is 0.533. The van der Waals surface area contributed by atoms with Crippen LogP contribution in [0.5, 0.6) is 0 Å². The zero-order chi connectivity index (χ0) is 18.5. The van der Waals surface area contributed by atoms with Crippen LogP contribution < -0.4 is 10.2 Å². The zero-order valence-electron chi connectivity index (χ0n) is 11.8. The minimum absolute atomic E-state index is 0.207. The highest BCUT2D eigenvalue weighted by Gasteiger charge is 2.73. The number of alkyl halides is 7. The number of benzene rings is 1. The fourth-order valence-electron chi connectivity index (χ4n) is 2.32. The number of imide groups is 1. The second-order valence-electron chi connectivity index (χ2n) is 5.01. The van der Waals surface area contributed by atoms with Gasteiger partial charge in [-0.2, -0.15) is 26.3 Å². The summed E-state index contributed by atoms with van der Waals surface area (Å²) in [7, 11) is 0. The molecule has 0 aromatic heterocycles. The van der Waals surface area contributed by atoms with Gasteiger partial charge in [-0.3, -0.25) is 4.79 Å². The van der Waals surface area contributed by atoms with Gasteiger partial charge in [0.2, 0.25) is 5.91 Å². The number of nitrogens with one attached hydrogen (secondary N) is 1. The van der Waals surface area contributed by atoms with Crippen molar-refractivity contribution in [2.24, 2.45) is 0 Å². The first-order chi connectivity index (χ1) is 10.8. The lowest BCUT2D eigenvalue weighted by Gasteiger charge is -2.32. The summed E-state index contributed by atoms with van der Waals surface area (Å²) in [4.78, 5) is 23.5. The number of fused-ring (bicyclic) bond motifs is 1. The Morgan fingerprint density at radius 1 is 1.08 bits per heavy atom. The molecule has 0 atom stereocenters. The summed E-state index contributed by atoms with van der Waals surface area (Å²) in [5.74, 6) is -0.806. The molecule has 1 N–H and O–H groups in total. The number of hydrogen-bond donors (Lipinski definition) is 1. The van der Waals surface area contributed by atoms with E-state index in [0.717, 1.165) is 6.92 Å². The topological polar surface area (TPSA) is 49.4 Å². The molecule has 2 rings (SSSR count). The lowest BCUT2D eigenvalue weighted by Crippen LogP contribution is -2.51. The quantitative estimate of drug-likeness (QED) is 0.781. The monoisotopic (exact) mass is 358 g/mol. The summed E-state index contributed by atoms with van der Waals surface area (Å²) in [6, 6.07) is 0.386. The third kappa shape index (κ3) is 2.57. The van der Waals surface area contributed by atoms with E-state index in [0.29, 0.717) is 17.0 Å². The Bertz CT molecular complexity index is 683. The second-order valence-corrected chi connectivity index (χ2v) is 5.01. The highest BCUT2D eigenvalue weighted by Crippen LogP contribution is 2.53. The minimum atomic E-state index is -6.24. The molecule has 0 radical (unpaired) electrons. The van der Waals surface area contributed by atoms with E-state index in [1.807, 2.05) is 0 Å². The number of hydrogen-bond acceptors (Lipinski definition) is 2. The van der Waals surface area contributed by atoms with Crippen LogP contribution in [0.4, 0.5) is 41.2 Å². The number of amides is 3. The molecule has 132 valence electrons. The summed E-state index contributed by atoms with van der Waals surface area (Å²) in [5.41, 5.74) is -7.71. The maximum Gasteiger partial charge on any atom is 0.435 e. The fraction of sp³-hybridized carbons (Fsp3) is 0.385. The van der Waals surface area contributed by atoms with E-state index in [-0.39, 0.29) is 17.3 Å². The number of urea groups is 1. The van der Waals surface area contributed by atoms with E-state index in [9.17, 15) is 40.3 Å². The molecule has 0 aliphatic carbocycles. The number of carbonyl (C=O) groups excluding carboxylic acids is 2. The van der Waals surface area contributed by atoms with E-state index in [4.69, 9.17) is 0 Å². The van der Waals surface area contributed by atoms with Gasteiger partial charge in [-0.1, -0.05) is 6.07 Å². The van der Waals surface area contributed by atoms with Crippen molar-refractivity contribution in [2.75, 3.05) is 4.90 Å². The smallest absolute Gasteiger partial charge is 0.333 e. The van der Waals surface area contributed by atoms with Crippen LogP contribution in [0.1, 0.15) is 18.1 Å². The summed E-state index contributed by atoms with van der Waals surface area (Å²) in [6.07, 6.45) is -12.5. The van der Waals surface area contributed by atoms with E-state index in [2.05, 4.69) is 5.32 Å². The average Bonchev–Trinajstić information content (AvgIpc) is 2.42. The van der Waals surface area contributed by atoms with Crippen LogP contribution >= 0.6 is 0 Å². The third-order valence-electron chi connectivity index (χ3n) is 3.45. The molecule has 1 heterocycles. The minimum Gasteiger partial charge on any atom is -0.333 e. The van der Waals surface area contributed by atoms with Crippen molar-refractivity contribution < 1.29 is 40.3 Å². The van der Waals surface area contributed by atoms with Gasteiger partial charge in [0.15, 0.2) is 0 Å². The molecule has 24 heavy (non-hydrogen) atoms. The molecule has 4 nitrogen and oxygen atoms in total. The van der Waals surface area contributed by atoms with Crippen molar-refractivity contribution in [1.82, 2.24) is 5.32 Å². The molecular formula is C13H9F7N2O2. The Balaban J connectivity index is 2.63. The Hall–Kier alpha value is -2.33. The van der Waals surface area contributed by atoms with Crippen LogP contribution in [0.2, 0.25) is 0 Å². The maximum atomic E-state index is 14.0. The number of rotatable bonds is 1. The Labute approximate surface area is 130 Å². The van der Waals surface area contributed by atoms with Crippen molar-refractivity contribution in [3.05, 3.63) is 29.3 Å². The normalized spacial score (nSPS) is 15.8. The summed E-state index contributed by atoms with van der Waals surface area (Å²) in [5, 5.41) is 2.11. The zero-order valence-corrected chi connectivity index (χ0v) is 11.8. The van der Waals surface area contributed by atoms with Crippen molar-refractivity contribution >= 4 is 17.6 Å². The van der Waals surface area contributed by atoms with E-state index in [1.165, 1.54) is 0 Å². The molecule has 1 aromatic rings. The van der Waals surface area contributed by atoms with Crippen LogP contribution in [-0.2, 0) is 17.0 Å². The number of anilines is 1. The van der Waals surface area contributed by atoms with Crippen LogP contribution in [-0.4, -0.2) is 24.3 Å². The molecule has 3 amide bonds. The molecule has 0 spiro atoms. The molecule has 1 aromatic carbocycles. The molecule has 0 saturated carbocycles. The van der Waals surface area contributed by atoms with Crippen molar-refractivity contribution in [2.45, 2.75) is 31.5 Å². The molecule has 0 fully saturated rings. The highest BCUT2D eigenvalue weighted by molar-refractivity contribution is 6.14. The first-order valence-corrected chi connectivity index (χ1v) is 6.35. The van der Waals surface area contributed by atoms with Gasteiger partial charge in [-0.05, 0) is 17.7 Å². The predicted octanol–water partition coefficient (Wildman–Crippen LogP) is 3.55. The van der Waals surface area contributed by atoms with Gasteiger partial charge < -0.3 is 5.32 Å². The van der Waals surface area contributed by atoms with Crippen LogP contribution in [0.25, 0.3) is 0 Å². The molecule has 1 aliphatic heterocycles. The number of carbonyl (C=O) groups is 2. The molecule has 1 aliphatic rings. The van der Waals surface area contributed by atoms with Crippen molar-refractivity contribution in [3.63, 3.8) is 0 Å². The Morgan fingerprint density at radius 2 is 1.62 bits per heavy atom. The molecule has 11 heteroatoms. The van der Waals surface area contributed by atoms with Crippen LogP contribution in [0.3, 0.4) is 0 Å². The average molecular weight is 358 g/mol. The SMILES string of the molecule is CC(=O)N1C(=O)NCc2cc(C(F)(C(F)(F)F)C(F)(F)F)ccc21. The van der Waals surface area contributed by atoms with Crippen molar-refractivity contribution in [1.29, 1.82) is 0 Å². The highest BCUT2D eigenvalue weighted by atomic mass is 19.4. The van der Waals surface area contributed by atoms with Gasteiger partial charge in [0, 0.05) is 19.0 Å². The van der Waals surface area contributed by atoms with Gasteiger partial charge >= 0.3 is 24.1 Å². The van der Waals surface area contributed by atoms with Gasteiger partial charge in [0.05, 0.1) is 5.69 Å². The number of halogens is 7. The van der Waals surface area contributed by atoms with Gasteiger partial charge in [0.25, 0.3) is 0 Å². The van der Waals surface area contributed by atoms with Crippen molar-refractivity contribution in [3.8, 4) is 0 Å². The van der Waals surface area contributed by atoms with E-state index < -0.39 is 42.1 Å². The van der Waals surface area contributed by atoms with Crippen LogP contribution in [0.15, 0.2) is 18.2 Å². The summed E-state index contributed by atoms with van der Waals surface area (Å²) >= 11 is 0. The first-order valence-electron chi connectivity index (χ1n) is 6.35. The lowest BCUT2D eigenvalue weighted by molar-refractivity contribution is -0.348. The van der Waals surface area contributed by atoms with Crippen LogP contribution in [0, 0.1) is 0 Å². The number of nitrogens with zero attached hydrogens (tertiary/aromatic N) is 1. The fourth-order valence-corrected chi connectivity index (χ4v) is 2.32. The largest absolute Gasteiger partial charge is 0.435 e. The first kappa shape index (κ1) is 18.0. The molecule has 0 unspecified atom stereocenters. The summed E-state index contributed by atoms with van der Waals surface area (Å²) < 4.78 is 90.6. The molecule has 0 bridgehead atoms. The Kier molecular flexibility index (Phi) is 4.01. The van der Waals surface area contributed by atoms with Gasteiger partial charge in [-0.15, -0.1) is 0 Å². The predicted molar refractivity (Wildman–Crippen MR) is 66.7 cm³/mol. The lowest BCUT2D eigenvalue weighted by atomic mass is 9.91. The third-order valence-corrected chi connectivity index (χ3v) is 3.45. The maximum absolute atomic E-state index is 14.0. The van der Waals surface area contributed by atoms with E-state index in [1.54, 1.807) is 0 Å². The second kappa shape index (κ2) is 5.35. The van der Waals surface area contributed by atoms with Gasteiger partial charge in [-0.25, -0.2) is 14.1 Å². The standard InChI is InChI=1S/C13H9F7N2O2/c1-6(23)22-9-3-2-8(4-7(9)5-21-10(22)24)11(14,12(15,16)17)13(18,19)20/h2-4H,5H2,1H3,(H,21,24). The Morgan fingerprint density at radius 3 is 2.08 bits per heavy atom. The molecule has 0 saturated heterocycles. The van der Waals surface area contributed by atoms with Gasteiger partial charge in [0.1, 0.15) is 0 Å². The van der Waals surface area contributed by atoms with E-state index >= 15 is 0 Å².